The molecule has 0 bridgehead atoms. The number of halogens is 4. The third-order valence-electron chi connectivity index (χ3n) is 2.94. The molecule has 1 N–H and O–H groups in total. The molecule has 0 spiro atoms. The zero-order chi connectivity index (χ0) is 17.3. The van der Waals surface area contributed by atoms with E-state index in [9.17, 15) is 13.6 Å². The second kappa shape index (κ2) is 6.45. The van der Waals surface area contributed by atoms with Crippen LogP contribution >= 0.6 is 27.5 Å². The van der Waals surface area contributed by atoms with Gasteiger partial charge in [0, 0.05) is 16.2 Å². The summed E-state index contributed by atoms with van der Waals surface area (Å²) < 4.78 is 40.5. The monoisotopic (exact) mass is 419 g/mol. The van der Waals surface area contributed by atoms with Gasteiger partial charge >= 0.3 is 6.29 Å². The van der Waals surface area contributed by atoms with Crippen LogP contribution in [0.1, 0.15) is 0 Å². The number of carbonyl (C=O) groups is 1. The smallest absolute Gasteiger partial charge is 0.482 e. The lowest BCUT2D eigenvalue weighted by molar-refractivity contribution is -0.286. The molecule has 0 unspecified atom stereocenters. The summed E-state index contributed by atoms with van der Waals surface area (Å²) >= 11 is 9.23. The van der Waals surface area contributed by atoms with Gasteiger partial charge in [-0.15, -0.1) is 8.78 Å². The molecule has 0 aromatic heterocycles. The Hall–Kier alpha value is -2.06. The molecule has 0 fully saturated rings. The SMILES string of the molecule is O=C(COc1ccc(Br)cc1Cl)Nc1ccc2c(c1)OC(F)(F)O2. The first-order chi connectivity index (χ1) is 11.3. The summed E-state index contributed by atoms with van der Waals surface area (Å²) in [4.78, 5) is 11.9. The number of fused-ring (bicyclic) bond motifs is 1. The van der Waals surface area contributed by atoms with Gasteiger partial charge in [0.1, 0.15) is 5.75 Å². The van der Waals surface area contributed by atoms with Crippen molar-refractivity contribution >= 4 is 39.1 Å². The molecule has 9 heteroatoms. The third kappa shape index (κ3) is 3.88. The van der Waals surface area contributed by atoms with Crippen LogP contribution < -0.4 is 19.5 Å². The van der Waals surface area contributed by atoms with E-state index in [2.05, 4.69) is 30.7 Å². The second-order valence-electron chi connectivity index (χ2n) is 4.74. The fraction of sp³-hybridized carbons (Fsp3) is 0.133. The summed E-state index contributed by atoms with van der Waals surface area (Å²) in [6, 6.07) is 8.89. The fourth-order valence-corrected chi connectivity index (χ4v) is 2.69. The Bertz CT molecular complexity index is 803. The van der Waals surface area contributed by atoms with Gasteiger partial charge < -0.3 is 19.5 Å². The van der Waals surface area contributed by atoms with Crippen LogP contribution in [0, 0.1) is 0 Å². The van der Waals surface area contributed by atoms with E-state index >= 15 is 0 Å². The highest BCUT2D eigenvalue weighted by Crippen LogP contribution is 2.42. The number of nitrogens with one attached hydrogen (secondary N) is 1. The molecule has 3 rings (SSSR count). The molecule has 1 amide bonds. The van der Waals surface area contributed by atoms with Crippen LogP contribution in [-0.2, 0) is 4.79 Å². The highest BCUT2D eigenvalue weighted by atomic mass is 79.9. The Morgan fingerprint density at radius 3 is 2.71 bits per heavy atom. The molecule has 1 aliphatic rings. The number of carbonyl (C=O) groups excluding carboxylic acids is 1. The van der Waals surface area contributed by atoms with Crippen LogP contribution in [0.2, 0.25) is 5.02 Å². The van der Waals surface area contributed by atoms with Crippen LogP contribution in [0.5, 0.6) is 17.2 Å². The Kier molecular flexibility index (Phi) is 4.51. The van der Waals surface area contributed by atoms with E-state index in [1.54, 1.807) is 18.2 Å². The highest BCUT2D eigenvalue weighted by Gasteiger charge is 2.43. The number of ether oxygens (including phenoxy) is 3. The van der Waals surface area contributed by atoms with Crippen molar-refractivity contribution in [2.45, 2.75) is 6.29 Å². The van der Waals surface area contributed by atoms with Crippen LogP contribution in [0.3, 0.4) is 0 Å². The molecule has 2 aromatic rings. The van der Waals surface area contributed by atoms with E-state index in [-0.39, 0.29) is 23.8 Å². The topological polar surface area (TPSA) is 56.8 Å². The van der Waals surface area contributed by atoms with Gasteiger partial charge in [-0.3, -0.25) is 4.79 Å². The van der Waals surface area contributed by atoms with E-state index in [1.165, 1.54) is 18.2 Å². The number of amides is 1. The molecule has 126 valence electrons. The summed E-state index contributed by atoms with van der Waals surface area (Å²) in [6.07, 6.45) is -3.70. The average molecular weight is 421 g/mol. The van der Waals surface area contributed by atoms with Crippen molar-refractivity contribution in [3.63, 3.8) is 0 Å². The lowest BCUT2D eigenvalue weighted by atomic mass is 10.3. The first-order valence-electron chi connectivity index (χ1n) is 6.60. The molecule has 0 aliphatic carbocycles. The summed E-state index contributed by atoms with van der Waals surface area (Å²) in [7, 11) is 0. The first kappa shape index (κ1) is 16.8. The molecule has 2 aromatic carbocycles. The van der Waals surface area contributed by atoms with E-state index in [4.69, 9.17) is 16.3 Å². The van der Waals surface area contributed by atoms with Crippen molar-refractivity contribution in [2.75, 3.05) is 11.9 Å². The first-order valence-corrected chi connectivity index (χ1v) is 7.77. The fourth-order valence-electron chi connectivity index (χ4n) is 1.96. The molecule has 1 aliphatic heterocycles. The molecule has 0 saturated carbocycles. The molecule has 5 nitrogen and oxygen atoms in total. The van der Waals surface area contributed by atoms with Gasteiger partial charge in [0.15, 0.2) is 18.1 Å². The van der Waals surface area contributed by atoms with Gasteiger partial charge in [0.05, 0.1) is 5.02 Å². The number of alkyl halides is 2. The lowest BCUT2D eigenvalue weighted by Gasteiger charge is -2.09. The molecular weight excluding hydrogens is 412 g/mol. The minimum Gasteiger partial charge on any atom is -0.482 e. The largest absolute Gasteiger partial charge is 0.586 e. The van der Waals surface area contributed by atoms with Gasteiger partial charge in [-0.1, -0.05) is 27.5 Å². The van der Waals surface area contributed by atoms with Crippen LogP contribution in [0.25, 0.3) is 0 Å². The Labute approximate surface area is 148 Å². The predicted octanol–water partition coefficient (Wildman–Crippen LogP) is 4.44. The highest BCUT2D eigenvalue weighted by molar-refractivity contribution is 9.10. The minimum absolute atomic E-state index is 0.101. The molecule has 0 saturated heterocycles. The number of hydrogen-bond acceptors (Lipinski definition) is 4. The van der Waals surface area contributed by atoms with E-state index in [0.717, 1.165) is 4.47 Å². The normalized spacial score (nSPS) is 14.3. The minimum atomic E-state index is -3.70. The van der Waals surface area contributed by atoms with Crippen LogP contribution in [0.4, 0.5) is 14.5 Å². The van der Waals surface area contributed by atoms with Gasteiger partial charge in [0.25, 0.3) is 5.91 Å². The van der Waals surface area contributed by atoms with Crippen molar-refractivity contribution in [1.82, 2.24) is 0 Å². The van der Waals surface area contributed by atoms with Crippen molar-refractivity contribution < 1.29 is 27.8 Å². The van der Waals surface area contributed by atoms with Gasteiger partial charge in [0.2, 0.25) is 0 Å². The Morgan fingerprint density at radius 2 is 1.96 bits per heavy atom. The van der Waals surface area contributed by atoms with Crippen LogP contribution in [0.15, 0.2) is 40.9 Å². The van der Waals surface area contributed by atoms with Gasteiger partial charge in [-0.25, -0.2) is 0 Å². The molecule has 0 atom stereocenters. The Balaban J connectivity index is 1.60. The van der Waals surface area contributed by atoms with E-state index in [1.807, 2.05) is 0 Å². The quantitative estimate of drug-likeness (QED) is 0.794. The summed E-state index contributed by atoms with van der Waals surface area (Å²) in [5, 5.41) is 2.85. The second-order valence-corrected chi connectivity index (χ2v) is 6.06. The number of benzene rings is 2. The molecule has 1 heterocycles. The van der Waals surface area contributed by atoms with Crippen molar-refractivity contribution in [3.05, 3.63) is 45.9 Å². The van der Waals surface area contributed by atoms with Gasteiger partial charge in [-0.2, -0.15) is 0 Å². The van der Waals surface area contributed by atoms with Crippen molar-refractivity contribution in [1.29, 1.82) is 0 Å². The standard InChI is InChI=1S/C15H9BrClF2NO4/c16-8-1-3-11(10(17)5-8)22-7-14(21)20-9-2-4-12-13(6-9)24-15(18,19)23-12/h1-6H,7H2,(H,20,21). The van der Waals surface area contributed by atoms with Crippen molar-refractivity contribution in [3.8, 4) is 17.2 Å². The van der Waals surface area contributed by atoms with E-state index < -0.39 is 12.2 Å². The zero-order valence-electron chi connectivity index (χ0n) is 11.8. The molecule has 0 radical (unpaired) electrons. The molecule has 24 heavy (non-hydrogen) atoms. The average Bonchev–Trinajstić information content (AvgIpc) is 2.79. The number of anilines is 1. The van der Waals surface area contributed by atoms with Gasteiger partial charge in [-0.05, 0) is 30.3 Å². The summed E-state index contributed by atoms with van der Waals surface area (Å²) in [5.74, 6) is -0.398. The lowest BCUT2D eigenvalue weighted by Crippen LogP contribution is -2.25. The maximum atomic E-state index is 12.9. The van der Waals surface area contributed by atoms with Crippen LogP contribution in [-0.4, -0.2) is 18.8 Å². The summed E-state index contributed by atoms with van der Waals surface area (Å²) in [6.45, 7) is -0.300. The van der Waals surface area contributed by atoms with Crippen molar-refractivity contribution in [2.24, 2.45) is 0 Å². The number of rotatable bonds is 4. The molecular formula is C15H9BrClF2NO4. The maximum absolute atomic E-state index is 12.9. The third-order valence-corrected chi connectivity index (χ3v) is 3.73. The maximum Gasteiger partial charge on any atom is 0.586 e. The predicted molar refractivity (Wildman–Crippen MR) is 85.9 cm³/mol. The Morgan fingerprint density at radius 1 is 1.21 bits per heavy atom. The summed E-state index contributed by atoms with van der Waals surface area (Å²) in [5.41, 5.74) is 0.269. The zero-order valence-corrected chi connectivity index (χ0v) is 14.2. The van der Waals surface area contributed by atoms with E-state index in [0.29, 0.717) is 10.8 Å². The number of hydrogen-bond donors (Lipinski definition) is 1.